The highest BCUT2D eigenvalue weighted by Crippen LogP contribution is 2.24. The lowest BCUT2D eigenvalue weighted by molar-refractivity contribution is 0.626. The minimum Gasteiger partial charge on any atom is -0.381 e. The Balaban J connectivity index is 1.64. The molecule has 1 aliphatic heterocycles. The van der Waals surface area contributed by atoms with E-state index in [1.165, 1.54) is 24.6 Å². The van der Waals surface area contributed by atoms with E-state index in [0.717, 1.165) is 24.3 Å². The first-order valence-corrected chi connectivity index (χ1v) is 7.63. The van der Waals surface area contributed by atoms with Gasteiger partial charge in [-0.1, -0.05) is 23.7 Å². The van der Waals surface area contributed by atoms with Crippen LogP contribution in [0, 0.1) is 5.82 Å². The zero-order valence-electron chi connectivity index (χ0n) is 11.8. The number of anilines is 2. The Morgan fingerprint density at radius 2 is 1.76 bits per heavy atom. The van der Waals surface area contributed by atoms with Gasteiger partial charge < -0.3 is 10.2 Å². The topological polar surface area (TPSA) is 15.3 Å². The smallest absolute Gasteiger partial charge is 0.142 e. The monoisotopic (exact) mass is 304 g/mol. The van der Waals surface area contributed by atoms with Gasteiger partial charge in [-0.2, -0.15) is 0 Å². The normalized spacial score (nSPS) is 14.5. The van der Waals surface area contributed by atoms with E-state index < -0.39 is 0 Å². The van der Waals surface area contributed by atoms with Gasteiger partial charge in [-0.15, -0.1) is 0 Å². The third-order valence-corrected chi connectivity index (χ3v) is 4.28. The first-order valence-electron chi connectivity index (χ1n) is 7.26. The molecule has 0 amide bonds. The Kier molecular flexibility index (Phi) is 4.30. The fourth-order valence-electron chi connectivity index (χ4n) is 2.65. The van der Waals surface area contributed by atoms with Crippen molar-refractivity contribution in [2.45, 2.75) is 19.4 Å². The molecule has 1 fully saturated rings. The number of hydrogen-bond acceptors (Lipinski definition) is 2. The fraction of sp³-hybridized carbons (Fsp3) is 0.294. The molecule has 1 heterocycles. The Bertz CT molecular complexity index is 607. The van der Waals surface area contributed by atoms with Crippen molar-refractivity contribution in [2.75, 3.05) is 23.3 Å². The van der Waals surface area contributed by atoms with Crippen molar-refractivity contribution in [3.63, 3.8) is 0 Å². The van der Waals surface area contributed by atoms with Crippen LogP contribution in [0.4, 0.5) is 15.8 Å². The van der Waals surface area contributed by atoms with E-state index in [1.807, 2.05) is 6.07 Å². The lowest BCUT2D eigenvalue weighted by Gasteiger charge is -2.18. The number of benzene rings is 2. The summed E-state index contributed by atoms with van der Waals surface area (Å²) in [6, 6.07) is 13.2. The Morgan fingerprint density at radius 3 is 2.48 bits per heavy atom. The van der Waals surface area contributed by atoms with Crippen LogP contribution < -0.4 is 10.2 Å². The zero-order chi connectivity index (χ0) is 14.7. The molecule has 110 valence electrons. The van der Waals surface area contributed by atoms with Crippen LogP contribution in [0.15, 0.2) is 42.5 Å². The molecule has 2 nitrogen and oxygen atoms in total. The second-order valence-corrected chi connectivity index (χ2v) is 5.69. The van der Waals surface area contributed by atoms with Gasteiger partial charge in [-0.05, 0) is 48.7 Å². The Morgan fingerprint density at radius 1 is 1.05 bits per heavy atom. The zero-order valence-corrected chi connectivity index (χ0v) is 12.5. The highest BCUT2D eigenvalue weighted by atomic mass is 35.5. The minimum absolute atomic E-state index is 0.193. The molecule has 2 aromatic carbocycles. The third kappa shape index (κ3) is 3.30. The Labute approximate surface area is 129 Å². The molecule has 1 saturated heterocycles. The highest BCUT2D eigenvalue weighted by Gasteiger charge is 2.11. The van der Waals surface area contributed by atoms with E-state index in [0.29, 0.717) is 6.54 Å². The van der Waals surface area contributed by atoms with Crippen LogP contribution in [-0.2, 0) is 6.54 Å². The average Bonchev–Trinajstić information content (AvgIpc) is 3.04. The number of hydrogen-bond donors (Lipinski definition) is 1. The van der Waals surface area contributed by atoms with E-state index in [-0.39, 0.29) is 10.8 Å². The molecule has 4 heteroatoms. The molecule has 0 aromatic heterocycles. The molecule has 1 aliphatic rings. The van der Waals surface area contributed by atoms with Gasteiger partial charge in [-0.25, -0.2) is 4.39 Å². The standard InChI is InChI=1S/C17H18ClFN2/c18-17-13(4-3-5-16(17)19)12-20-14-6-8-15(9-7-14)21-10-1-2-11-21/h3-9,20H,1-2,10-12H2. The molecular weight excluding hydrogens is 287 g/mol. The van der Waals surface area contributed by atoms with Crippen molar-refractivity contribution in [3.8, 4) is 0 Å². The summed E-state index contributed by atoms with van der Waals surface area (Å²) < 4.78 is 13.4. The largest absolute Gasteiger partial charge is 0.381 e. The molecule has 3 rings (SSSR count). The van der Waals surface area contributed by atoms with E-state index in [4.69, 9.17) is 11.6 Å². The van der Waals surface area contributed by atoms with Gasteiger partial charge in [-0.3, -0.25) is 0 Å². The van der Waals surface area contributed by atoms with E-state index in [2.05, 4.69) is 34.5 Å². The number of halogens is 2. The molecule has 0 saturated carbocycles. The summed E-state index contributed by atoms with van der Waals surface area (Å²) >= 11 is 5.95. The van der Waals surface area contributed by atoms with Crippen LogP contribution in [0.25, 0.3) is 0 Å². The molecule has 21 heavy (non-hydrogen) atoms. The van der Waals surface area contributed by atoms with Crippen molar-refractivity contribution < 1.29 is 4.39 Å². The fourth-order valence-corrected chi connectivity index (χ4v) is 2.84. The lowest BCUT2D eigenvalue weighted by atomic mass is 10.2. The molecule has 0 spiro atoms. The quantitative estimate of drug-likeness (QED) is 0.881. The van der Waals surface area contributed by atoms with Crippen molar-refractivity contribution in [3.05, 3.63) is 58.9 Å². The van der Waals surface area contributed by atoms with Gasteiger partial charge in [0.25, 0.3) is 0 Å². The van der Waals surface area contributed by atoms with E-state index >= 15 is 0 Å². The van der Waals surface area contributed by atoms with Crippen LogP contribution in [0.5, 0.6) is 0 Å². The van der Waals surface area contributed by atoms with Crippen LogP contribution in [0.1, 0.15) is 18.4 Å². The van der Waals surface area contributed by atoms with Crippen LogP contribution in [-0.4, -0.2) is 13.1 Å². The summed E-state index contributed by atoms with van der Waals surface area (Å²) in [6.45, 7) is 2.80. The van der Waals surface area contributed by atoms with Crippen molar-refractivity contribution in [1.82, 2.24) is 0 Å². The van der Waals surface area contributed by atoms with Gasteiger partial charge in [0, 0.05) is 31.0 Å². The second kappa shape index (κ2) is 6.35. The predicted molar refractivity (Wildman–Crippen MR) is 86.6 cm³/mol. The van der Waals surface area contributed by atoms with Gasteiger partial charge >= 0.3 is 0 Å². The first kappa shape index (κ1) is 14.2. The molecule has 2 aromatic rings. The summed E-state index contributed by atoms with van der Waals surface area (Å²) in [5.41, 5.74) is 3.04. The maximum atomic E-state index is 13.4. The molecule has 0 aliphatic carbocycles. The third-order valence-electron chi connectivity index (χ3n) is 3.85. The number of rotatable bonds is 4. The van der Waals surface area contributed by atoms with Gasteiger partial charge in [0.05, 0.1) is 5.02 Å². The molecule has 0 atom stereocenters. The van der Waals surface area contributed by atoms with Gasteiger partial charge in [0.15, 0.2) is 0 Å². The molecule has 0 radical (unpaired) electrons. The summed E-state index contributed by atoms with van der Waals surface area (Å²) in [5.74, 6) is -0.375. The average molecular weight is 305 g/mol. The SMILES string of the molecule is Fc1cccc(CNc2ccc(N3CCCC3)cc2)c1Cl. The summed E-state index contributed by atoms with van der Waals surface area (Å²) in [4.78, 5) is 2.40. The number of nitrogens with zero attached hydrogens (tertiary/aromatic N) is 1. The lowest BCUT2D eigenvalue weighted by Crippen LogP contribution is -2.17. The van der Waals surface area contributed by atoms with Crippen molar-refractivity contribution in [1.29, 1.82) is 0 Å². The minimum atomic E-state index is -0.375. The highest BCUT2D eigenvalue weighted by molar-refractivity contribution is 6.31. The summed E-state index contributed by atoms with van der Waals surface area (Å²) in [6.07, 6.45) is 2.55. The van der Waals surface area contributed by atoms with Crippen LogP contribution in [0.2, 0.25) is 5.02 Å². The second-order valence-electron chi connectivity index (χ2n) is 5.31. The maximum absolute atomic E-state index is 13.4. The van der Waals surface area contributed by atoms with Crippen LogP contribution in [0.3, 0.4) is 0 Å². The van der Waals surface area contributed by atoms with Gasteiger partial charge in [0.2, 0.25) is 0 Å². The predicted octanol–water partition coefficient (Wildman–Crippen LogP) is 4.69. The molecule has 0 bridgehead atoms. The van der Waals surface area contributed by atoms with Crippen LogP contribution >= 0.6 is 11.6 Å². The Hall–Kier alpha value is -1.74. The van der Waals surface area contributed by atoms with Crippen molar-refractivity contribution in [2.24, 2.45) is 0 Å². The first-order chi connectivity index (χ1) is 10.2. The van der Waals surface area contributed by atoms with Gasteiger partial charge in [0.1, 0.15) is 5.82 Å². The maximum Gasteiger partial charge on any atom is 0.142 e. The van der Waals surface area contributed by atoms with E-state index in [9.17, 15) is 4.39 Å². The molecule has 0 unspecified atom stereocenters. The molecule has 1 N–H and O–H groups in total. The van der Waals surface area contributed by atoms with E-state index in [1.54, 1.807) is 6.07 Å². The summed E-state index contributed by atoms with van der Waals surface area (Å²) in [7, 11) is 0. The van der Waals surface area contributed by atoms with Crippen molar-refractivity contribution >= 4 is 23.0 Å². The number of nitrogens with one attached hydrogen (secondary N) is 1. The molecular formula is C17H18ClFN2. The summed E-state index contributed by atoms with van der Waals surface area (Å²) in [5, 5.41) is 3.47.